The van der Waals surface area contributed by atoms with Crippen molar-refractivity contribution in [2.45, 2.75) is 44.3 Å². The van der Waals surface area contributed by atoms with Crippen molar-refractivity contribution in [1.82, 2.24) is 0 Å². The highest BCUT2D eigenvalue weighted by Gasteiger charge is 2.33. The third-order valence-electron chi connectivity index (χ3n) is 7.89. The molecule has 0 saturated heterocycles. The minimum atomic E-state index is 0.149. The number of ether oxygens (including phenoxy) is 5. The summed E-state index contributed by atoms with van der Waals surface area (Å²) in [5.74, 6) is 3.56. The molecule has 39 heavy (non-hydrogen) atoms. The van der Waals surface area contributed by atoms with Crippen LogP contribution in [0, 0.1) is 5.92 Å². The largest absolute Gasteiger partial charge is 0.497 e. The molecule has 0 aromatic heterocycles. The fourth-order valence-corrected chi connectivity index (χ4v) is 5.76. The summed E-state index contributed by atoms with van der Waals surface area (Å²) in [6.45, 7) is 4.66. The topological polar surface area (TPSA) is 49.4 Å². The van der Waals surface area contributed by atoms with Crippen LogP contribution in [0.2, 0.25) is 0 Å². The Kier molecular flexibility index (Phi) is 9.62. The van der Waals surface area contributed by atoms with Crippen molar-refractivity contribution in [2.24, 2.45) is 5.92 Å². The van der Waals surface area contributed by atoms with Crippen LogP contribution in [0.25, 0.3) is 0 Å². The number of methoxy groups -OCH3 is 2. The fraction of sp³-hybridized carbons (Fsp3) is 0.455. The average Bonchev–Trinajstić information content (AvgIpc) is 3.00. The SMILES string of the molecule is COCCCN1CCOc2ccc(CO[C@H]3CC[C@H](COc4ccccc4)C[C@@H]3c3ccc(OC)cc3)cc21. The first-order chi connectivity index (χ1) is 19.2. The van der Waals surface area contributed by atoms with E-state index >= 15 is 0 Å². The Bertz CT molecular complexity index is 1150. The first-order valence-electron chi connectivity index (χ1n) is 14.2. The summed E-state index contributed by atoms with van der Waals surface area (Å²) in [6.07, 6.45) is 4.29. The quantitative estimate of drug-likeness (QED) is 0.249. The monoisotopic (exact) mass is 531 g/mol. The molecule has 6 nitrogen and oxygen atoms in total. The number of anilines is 1. The molecule has 0 radical (unpaired) electrons. The molecule has 3 aromatic carbocycles. The molecule has 0 bridgehead atoms. The molecule has 208 valence electrons. The second-order valence-electron chi connectivity index (χ2n) is 10.5. The molecular weight excluding hydrogens is 490 g/mol. The molecule has 3 aromatic rings. The van der Waals surface area contributed by atoms with Crippen molar-refractivity contribution in [3.8, 4) is 17.2 Å². The van der Waals surface area contributed by atoms with E-state index < -0.39 is 0 Å². The first-order valence-corrected chi connectivity index (χ1v) is 14.2. The van der Waals surface area contributed by atoms with E-state index in [1.165, 1.54) is 11.1 Å². The Morgan fingerprint density at radius 3 is 2.56 bits per heavy atom. The van der Waals surface area contributed by atoms with Crippen LogP contribution in [0.1, 0.15) is 42.7 Å². The van der Waals surface area contributed by atoms with Crippen molar-refractivity contribution >= 4 is 5.69 Å². The smallest absolute Gasteiger partial charge is 0.142 e. The fourth-order valence-electron chi connectivity index (χ4n) is 5.76. The molecule has 0 amide bonds. The van der Waals surface area contributed by atoms with Gasteiger partial charge >= 0.3 is 0 Å². The van der Waals surface area contributed by atoms with Gasteiger partial charge in [-0.1, -0.05) is 36.4 Å². The van der Waals surface area contributed by atoms with Gasteiger partial charge in [0.2, 0.25) is 0 Å². The van der Waals surface area contributed by atoms with Crippen LogP contribution >= 0.6 is 0 Å². The van der Waals surface area contributed by atoms with Crippen molar-refractivity contribution in [2.75, 3.05) is 52.0 Å². The van der Waals surface area contributed by atoms with Gasteiger partial charge in [-0.25, -0.2) is 0 Å². The maximum atomic E-state index is 6.68. The van der Waals surface area contributed by atoms with E-state index in [-0.39, 0.29) is 6.10 Å². The minimum absolute atomic E-state index is 0.149. The molecule has 1 saturated carbocycles. The van der Waals surface area contributed by atoms with Crippen molar-refractivity contribution in [3.05, 3.63) is 83.9 Å². The summed E-state index contributed by atoms with van der Waals surface area (Å²) in [4.78, 5) is 2.40. The third-order valence-corrected chi connectivity index (χ3v) is 7.89. The number of para-hydroxylation sites is 1. The van der Waals surface area contributed by atoms with Gasteiger partial charge in [-0.15, -0.1) is 0 Å². The maximum absolute atomic E-state index is 6.68. The van der Waals surface area contributed by atoms with Gasteiger partial charge < -0.3 is 28.6 Å². The second kappa shape index (κ2) is 13.7. The lowest BCUT2D eigenvalue weighted by atomic mass is 9.76. The summed E-state index contributed by atoms with van der Waals surface area (Å²) in [5, 5.41) is 0. The predicted molar refractivity (Wildman–Crippen MR) is 154 cm³/mol. The van der Waals surface area contributed by atoms with Gasteiger partial charge in [-0.05, 0) is 79.1 Å². The van der Waals surface area contributed by atoms with E-state index in [1.54, 1.807) is 14.2 Å². The molecule has 2 aliphatic rings. The molecule has 1 aliphatic heterocycles. The number of benzene rings is 3. The maximum Gasteiger partial charge on any atom is 0.142 e. The second-order valence-corrected chi connectivity index (χ2v) is 10.5. The molecule has 1 fully saturated rings. The molecule has 3 atom stereocenters. The van der Waals surface area contributed by atoms with Crippen LogP contribution in [0.5, 0.6) is 17.2 Å². The lowest BCUT2D eigenvalue weighted by Gasteiger charge is -2.36. The zero-order chi connectivity index (χ0) is 26.9. The van der Waals surface area contributed by atoms with Crippen LogP contribution in [0.4, 0.5) is 5.69 Å². The first kappa shape index (κ1) is 27.4. The Hall–Kier alpha value is -3.22. The number of hydrogen-bond donors (Lipinski definition) is 0. The summed E-state index contributed by atoms with van der Waals surface area (Å²) in [6, 6.07) is 25.1. The summed E-state index contributed by atoms with van der Waals surface area (Å²) < 4.78 is 29.4. The molecule has 6 heteroatoms. The van der Waals surface area contributed by atoms with Gasteiger partial charge in [-0.2, -0.15) is 0 Å². The Morgan fingerprint density at radius 2 is 1.77 bits per heavy atom. The van der Waals surface area contributed by atoms with E-state index in [9.17, 15) is 0 Å². The molecule has 0 unspecified atom stereocenters. The van der Waals surface area contributed by atoms with Crippen molar-refractivity contribution < 1.29 is 23.7 Å². The van der Waals surface area contributed by atoms with Crippen molar-refractivity contribution in [3.63, 3.8) is 0 Å². The van der Waals surface area contributed by atoms with E-state index in [0.717, 1.165) is 81.5 Å². The van der Waals surface area contributed by atoms with Crippen LogP contribution in [-0.2, 0) is 16.1 Å². The van der Waals surface area contributed by atoms with Gasteiger partial charge in [0.25, 0.3) is 0 Å². The number of rotatable bonds is 12. The number of hydrogen-bond acceptors (Lipinski definition) is 6. The van der Waals surface area contributed by atoms with E-state index in [2.05, 4.69) is 47.4 Å². The van der Waals surface area contributed by atoms with Gasteiger partial charge in [-0.3, -0.25) is 0 Å². The van der Waals surface area contributed by atoms with Gasteiger partial charge in [0.1, 0.15) is 23.9 Å². The predicted octanol–water partition coefficient (Wildman–Crippen LogP) is 6.48. The molecule has 1 heterocycles. The Morgan fingerprint density at radius 1 is 0.923 bits per heavy atom. The number of fused-ring (bicyclic) bond motifs is 1. The minimum Gasteiger partial charge on any atom is -0.497 e. The Balaban J connectivity index is 1.26. The van der Waals surface area contributed by atoms with E-state index in [4.69, 9.17) is 23.7 Å². The van der Waals surface area contributed by atoms with Crippen LogP contribution in [0.15, 0.2) is 72.8 Å². The summed E-state index contributed by atoms with van der Waals surface area (Å²) >= 11 is 0. The third kappa shape index (κ3) is 7.25. The van der Waals surface area contributed by atoms with Gasteiger partial charge in [0.05, 0.1) is 38.7 Å². The van der Waals surface area contributed by atoms with Crippen LogP contribution < -0.4 is 19.1 Å². The normalized spacial score (nSPS) is 20.7. The lowest BCUT2D eigenvalue weighted by Crippen LogP contribution is -2.34. The van der Waals surface area contributed by atoms with Gasteiger partial charge in [0, 0.05) is 26.2 Å². The number of nitrogens with zero attached hydrogens (tertiary/aromatic N) is 1. The van der Waals surface area contributed by atoms with Crippen LogP contribution in [-0.4, -0.2) is 53.2 Å². The zero-order valence-electron chi connectivity index (χ0n) is 23.2. The van der Waals surface area contributed by atoms with Crippen molar-refractivity contribution in [1.29, 1.82) is 0 Å². The molecule has 1 aliphatic carbocycles. The zero-order valence-corrected chi connectivity index (χ0v) is 23.2. The van der Waals surface area contributed by atoms with Crippen LogP contribution in [0.3, 0.4) is 0 Å². The standard InChI is InChI=1S/C33H41NO5/c1-35-19-6-17-34-18-20-37-33-16-10-26(22-31(33)34)24-39-32-15-9-25(23-38-29-7-4-3-5-8-29)21-30(32)27-11-13-28(36-2)14-12-27/h3-5,7-8,10-14,16,22,25,30,32H,6,9,15,17-21,23-24H2,1-2H3/t25-,30+,32-/m0/s1. The van der Waals surface area contributed by atoms with E-state index in [0.29, 0.717) is 18.4 Å². The highest BCUT2D eigenvalue weighted by Crippen LogP contribution is 2.40. The lowest BCUT2D eigenvalue weighted by molar-refractivity contribution is -0.0131. The highest BCUT2D eigenvalue weighted by molar-refractivity contribution is 5.61. The summed E-state index contributed by atoms with van der Waals surface area (Å²) in [5.41, 5.74) is 3.64. The van der Waals surface area contributed by atoms with E-state index in [1.807, 2.05) is 30.3 Å². The average molecular weight is 532 g/mol. The summed E-state index contributed by atoms with van der Waals surface area (Å²) in [7, 11) is 3.46. The molecule has 0 spiro atoms. The van der Waals surface area contributed by atoms with Gasteiger partial charge in [0.15, 0.2) is 0 Å². The molecule has 0 N–H and O–H groups in total. The molecule has 5 rings (SSSR count). The Labute approximate surface area is 232 Å². The molecular formula is C33H41NO5. The highest BCUT2D eigenvalue weighted by atomic mass is 16.5.